The van der Waals surface area contributed by atoms with Crippen molar-refractivity contribution < 1.29 is 0 Å². The van der Waals surface area contributed by atoms with Gasteiger partial charge in [-0.3, -0.25) is 4.57 Å². The van der Waals surface area contributed by atoms with Crippen LogP contribution in [0.4, 0.5) is 0 Å². The number of hydrogen-bond acceptors (Lipinski definition) is 1. The van der Waals surface area contributed by atoms with Crippen molar-refractivity contribution in [1.82, 2.24) is 9.55 Å². The number of benzene rings is 5. The summed E-state index contributed by atoms with van der Waals surface area (Å²) >= 11 is 0. The summed E-state index contributed by atoms with van der Waals surface area (Å²) in [6, 6.07) is 41.0. The fourth-order valence-corrected chi connectivity index (χ4v) is 8.42. The Labute approximate surface area is 306 Å². The second-order valence-corrected chi connectivity index (χ2v) is 16.0. The summed E-state index contributed by atoms with van der Waals surface area (Å²) in [5, 5.41) is 0. The molecule has 0 spiro atoms. The summed E-state index contributed by atoms with van der Waals surface area (Å²) in [6.07, 6.45) is 7.56. The minimum Gasteiger partial charge on any atom is -0.299 e. The molecule has 1 unspecified atom stereocenters. The molecule has 6 aromatic rings. The Morgan fingerprint density at radius 1 is 0.686 bits per heavy atom. The van der Waals surface area contributed by atoms with Gasteiger partial charge in [0, 0.05) is 18.0 Å². The molecule has 2 nitrogen and oxygen atoms in total. The predicted molar refractivity (Wildman–Crippen MR) is 217 cm³/mol. The smallest absolute Gasteiger partial charge is 0.144 e. The second-order valence-electron chi connectivity index (χ2n) is 16.0. The minimum absolute atomic E-state index is 0.148. The lowest BCUT2D eigenvalue weighted by Crippen LogP contribution is -2.12. The maximum atomic E-state index is 5.23. The number of hydrogen-bond donors (Lipinski definition) is 0. The molecule has 7 rings (SSSR count). The fourth-order valence-electron chi connectivity index (χ4n) is 8.42. The van der Waals surface area contributed by atoms with E-state index < -0.39 is 0 Å². The van der Waals surface area contributed by atoms with Crippen LogP contribution in [-0.2, 0) is 11.8 Å². The number of imidazole rings is 1. The maximum absolute atomic E-state index is 5.23. The van der Waals surface area contributed by atoms with Crippen LogP contribution in [0, 0.1) is 5.92 Å². The fraction of sp³-hybridized carbons (Fsp3) is 0.327. The zero-order valence-electron chi connectivity index (χ0n) is 31.9. The average molecular weight is 671 g/mol. The molecule has 51 heavy (non-hydrogen) atoms. The van der Waals surface area contributed by atoms with Crippen LogP contribution in [-0.4, -0.2) is 9.55 Å². The molecule has 2 heteroatoms. The van der Waals surface area contributed by atoms with Gasteiger partial charge in [-0.1, -0.05) is 165 Å². The molecule has 0 bridgehead atoms. The summed E-state index contributed by atoms with van der Waals surface area (Å²) < 4.78 is 2.43. The third-order valence-corrected chi connectivity index (χ3v) is 11.5. The van der Waals surface area contributed by atoms with Crippen molar-refractivity contribution >= 4 is 0 Å². The molecule has 1 aromatic heterocycles. The molecule has 1 aliphatic carbocycles. The van der Waals surface area contributed by atoms with E-state index in [1.165, 1.54) is 79.7 Å². The molecule has 260 valence electrons. The van der Waals surface area contributed by atoms with Gasteiger partial charge in [-0.05, 0) is 104 Å². The molecule has 0 N–H and O–H groups in total. The zero-order valence-corrected chi connectivity index (χ0v) is 31.9. The SMILES string of the molecule is CC[C@H]1CC1(C)c1ccc(-c2cccc(Cc3ccccc3)c2)cc1-c1nccn1-c1c(C(C)C)ccc(-c2cccc(C(C)C)c2)c1C(C)C. The zero-order chi connectivity index (χ0) is 35.9. The Kier molecular flexibility index (Phi) is 9.64. The number of rotatable bonds is 11. The van der Waals surface area contributed by atoms with Crippen LogP contribution in [0.15, 0.2) is 122 Å². The van der Waals surface area contributed by atoms with Crippen molar-refractivity contribution in [2.45, 2.75) is 97.8 Å². The molecule has 0 aliphatic heterocycles. The van der Waals surface area contributed by atoms with Gasteiger partial charge in [-0.25, -0.2) is 4.98 Å². The summed E-state index contributed by atoms with van der Waals surface area (Å²) in [5.41, 5.74) is 16.0. The van der Waals surface area contributed by atoms with E-state index in [1.807, 2.05) is 6.20 Å². The van der Waals surface area contributed by atoms with Gasteiger partial charge in [0.1, 0.15) is 5.82 Å². The number of nitrogens with zero attached hydrogens (tertiary/aromatic N) is 2. The van der Waals surface area contributed by atoms with Gasteiger partial charge in [0.2, 0.25) is 0 Å². The Bertz CT molecular complexity index is 2150. The highest BCUT2D eigenvalue weighted by Crippen LogP contribution is 2.58. The van der Waals surface area contributed by atoms with Crippen LogP contribution in [0.5, 0.6) is 0 Å². The third-order valence-electron chi connectivity index (χ3n) is 11.5. The molecule has 1 fully saturated rings. The lowest BCUT2D eigenvalue weighted by Gasteiger charge is -2.26. The van der Waals surface area contributed by atoms with Crippen molar-refractivity contribution in [1.29, 1.82) is 0 Å². The van der Waals surface area contributed by atoms with Gasteiger partial charge >= 0.3 is 0 Å². The first-order valence-electron chi connectivity index (χ1n) is 19.2. The summed E-state index contributed by atoms with van der Waals surface area (Å²) in [5.74, 6) is 2.87. The lowest BCUT2D eigenvalue weighted by atomic mass is 9.84. The van der Waals surface area contributed by atoms with E-state index in [-0.39, 0.29) is 5.41 Å². The molecule has 0 saturated heterocycles. The normalized spacial score (nSPS) is 17.1. The van der Waals surface area contributed by atoms with Crippen molar-refractivity contribution in [3.8, 4) is 39.3 Å². The van der Waals surface area contributed by atoms with Crippen molar-refractivity contribution in [2.75, 3.05) is 0 Å². The number of aromatic nitrogens is 2. The Balaban J connectivity index is 1.42. The Morgan fingerprint density at radius 2 is 1.41 bits per heavy atom. The molecule has 1 saturated carbocycles. The largest absolute Gasteiger partial charge is 0.299 e. The van der Waals surface area contributed by atoms with E-state index in [2.05, 4.69) is 175 Å². The molecule has 0 amide bonds. The molecular weight excluding hydrogens is 617 g/mol. The summed E-state index contributed by atoms with van der Waals surface area (Å²) in [4.78, 5) is 5.23. The van der Waals surface area contributed by atoms with E-state index in [1.54, 1.807) is 0 Å². The predicted octanol–water partition coefficient (Wildman–Crippen LogP) is 13.5. The van der Waals surface area contributed by atoms with Crippen molar-refractivity contribution in [3.05, 3.63) is 155 Å². The molecule has 1 heterocycles. The lowest BCUT2D eigenvalue weighted by molar-refractivity contribution is 0.643. The second kappa shape index (κ2) is 14.1. The van der Waals surface area contributed by atoms with Gasteiger partial charge in [-0.2, -0.15) is 0 Å². The van der Waals surface area contributed by atoms with Crippen LogP contribution in [0.2, 0.25) is 0 Å². The quantitative estimate of drug-likeness (QED) is 0.134. The first-order valence-corrected chi connectivity index (χ1v) is 19.2. The third kappa shape index (κ3) is 6.74. The van der Waals surface area contributed by atoms with Gasteiger partial charge < -0.3 is 0 Å². The van der Waals surface area contributed by atoms with Crippen LogP contribution in [0.3, 0.4) is 0 Å². The molecule has 0 radical (unpaired) electrons. The van der Waals surface area contributed by atoms with Crippen molar-refractivity contribution in [3.63, 3.8) is 0 Å². The first-order chi connectivity index (χ1) is 24.6. The van der Waals surface area contributed by atoms with Crippen LogP contribution < -0.4 is 0 Å². The van der Waals surface area contributed by atoms with Crippen molar-refractivity contribution in [2.24, 2.45) is 5.92 Å². The van der Waals surface area contributed by atoms with Crippen LogP contribution in [0.1, 0.15) is 119 Å². The van der Waals surface area contributed by atoms with Gasteiger partial charge in [0.05, 0.1) is 5.69 Å². The highest BCUT2D eigenvalue weighted by molar-refractivity contribution is 5.79. The minimum atomic E-state index is 0.148. The highest BCUT2D eigenvalue weighted by Gasteiger charge is 2.51. The molecule has 5 aromatic carbocycles. The van der Waals surface area contributed by atoms with E-state index >= 15 is 0 Å². The topological polar surface area (TPSA) is 17.8 Å². The van der Waals surface area contributed by atoms with E-state index in [4.69, 9.17) is 4.98 Å². The molecule has 2 atom stereocenters. The van der Waals surface area contributed by atoms with E-state index in [9.17, 15) is 0 Å². The van der Waals surface area contributed by atoms with E-state index in [0.717, 1.165) is 12.2 Å². The Morgan fingerprint density at radius 3 is 2.12 bits per heavy atom. The maximum Gasteiger partial charge on any atom is 0.144 e. The molecule has 1 aliphatic rings. The highest BCUT2D eigenvalue weighted by atomic mass is 15.1. The van der Waals surface area contributed by atoms with Crippen LogP contribution in [0.25, 0.3) is 39.3 Å². The van der Waals surface area contributed by atoms with Gasteiger partial charge in [-0.15, -0.1) is 0 Å². The van der Waals surface area contributed by atoms with Crippen LogP contribution >= 0.6 is 0 Å². The average Bonchev–Trinajstić information content (AvgIpc) is 3.57. The standard InChI is InChI=1S/C49H54N2/c1-9-41-31-49(41,8)45-24-21-39(38-19-13-17-36(28-38)27-35-15-11-10-12-16-35)30-44(45)48-50-25-26-51(48)47-42(33(4)5)22-23-43(46(47)34(6)7)40-20-14-18-37(29-40)32(2)3/h10-26,28-30,32-34,41H,9,27,31H2,1-8H3/t41-,49?/m0/s1. The Hall–Kier alpha value is -4.69. The van der Waals surface area contributed by atoms with Gasteiger partial charge in [0.25, 0.3) is 0 Å². The summed E-state index contributed by atoms with van der Waals surface area (Å²) in [6.45, 7) is 18.7. The first kappa shape index (κ1) is 34.7. The summed E-state index contributed by atoms with van der Waals surface area (Å²) in [7, 11) is 0. The van der Waals surface area contributed by atoms with Gasteiger partial charge in [0.15, 0.2) is 0 Å². The molecular formula is C49H54N2. The monoisotopic (exact) mass is 670 g/mol. The van der Waals surface area contributed by atoms with E-state index in [0.29, 0.717) is 23.7 Å².